The third-order valence-corrected chi connectivity index (χ3v) is 6.53. The van der Waals surface area contributed by atoms with Gasteiger partial charge in [-0.25, -0.2) is 19.1 Å². The summed E-state index contributed by atoms with van der Waals surface area (Å²) in [6.07, 6.45) is 1.40. The Morgan fingerprint density at radius 1 is 1.17 bits per heavy atom. The van der Waals surface area contributed by atoms with Crippen molar-refractivity contribution in [3.63, 3.8) is 0 Å². The number of furan rings is 1. The van der Waals surface area contributed by atoms with E-state index in [2.05, 4.69) is 25.3 Å². The number of carbonyl (C=O) groups excluding carboxylic acids is 1. The number of ether oxygens (including phenoxy) is 1. The molecule has 1 saturated heterocycles. The second kappa shape index (κ2) is 11.6. The Morgan fingerprint density at radius 2 is 1.90 bits per heavy atom. The molecule has 1 fully saturated rings. The molecule has 1 aliphatic rings. The number of hydrogen-bond acceptors (Lipinski definition) is 10. The molecule has 1 aliphatic heterocycles. The van der Waals surface area contributed by atoms with Crippen LogP contribution in [0, 0.1) is 0 Å². The van der Waals surface area contributed by atoms with Crippen molar-refractivity contribution in [2.24, 2.45) is 0 Å². The second-order valence-electron chi connectivity index (χ2n) is 10.8. The maximum absolute atomic E-state index is 13.0. The Bertz CT molecular complexity index is 1510. The molecular weight excluding hydrogens is 530 g/mol. The van der Waals surface area contributed by atoms with Crippen molar-refractivity contribution in [1.29, 1.82) is 0 Å². The number of likely N-dealkylation sites (tertiary alicyclic amines) is 1. The van der Waals surface area contributed by atoms with E-state index in [1.165, 1.54) is 29.8 Å². The molecule has 3 N–H and O–H groups in total. The van der Waals surface area contributed by atoms with Gasteiger partial charge in [-0.15, -0.1) is 5.10 Å². The molecule has 4 heterocycles. The lowest BCUT2D eigenvalue weighted by atomic mass is 10.0. The van der Waals surface area contributed by atoms with Crippen LogP contribution in [0.25, 0.3) is 5.65 Å². The molecular formula is C28H33N7O6. The Hall–Kier alpha value is -4.49. The highest BCUT2D eigenvalue weighted by Crippen LogP contribution is 2.28. The van der Waals surface area contributed by atoms with Gasteiger partial charge in [-0.2, -0.15) is 9.88 Å². The standard InChI is InChI=1S/C28H33N7O6/c1-28(2,3)41-27(39)34(26(37)38)24-23-29-16-21(35(23)32-25(31-24)30-15-20-7-6-14-40-20)22(36)19-10-8-18(9-11-19)17-33-12-4-5-13-33/h6-11,14,16,22,36H,4-5,12-13,15,17H2,1-3H3,(H,30,32)(H,37,38). The number of carbonyl (C=O) groups is 2. The van der Waals surface area contributed by atoms with Gasteiger partial charge in [0.05, 0.1) is 24.7 Å². The maximum Gasteiger partial charge on any atom is 0.425 e. The number of aliphatic hydroxyl groups excluding tert-OH is 1. The number of hydrogen-bond donors (Lipinski definition) is 3. The molecule has 4 aromatic rings. The number of rotatable bonds is 8. The fraction of sp³-hybridized carbons (Fsp3) is 0.393. The fourth-order valence-electron chi connectivity index (χ4n) is 4.61. The largest absolute Gasteiger partial charge is 0.467 e. The average Bonchev–Trinajstić information content (AvgIpc) is 3.69. The van der Waals surface area contributed by atoms with E-state index < -0.39 is 23.9 Å². The first kappa shape index (κ1) is 28.1. The first-order valence-electron chi connectivity index (χ1n) is 13.4. The van der Waals surface area contributed by atoms with Crippen LogP contribution < -0.4 is 10.2 Å². The van der Waals surface area contributed by atoms with Crippen LogP contribution in [0.5, 0.6) is 0 Å². The lowest BCUT2D eigenvalue weighted by Gasteiger charge is -2.24. The summed E-state index contributed by atoms with van der Waals surface area (Å²) in [5.74, 6) is 0.228. The molecule has 0 saturated carbocycles. The number of benzene rings is 1. The van der Waals surface area contributed by atoms with Crippen LogP contribution in [0.15, 0.2) is 53.3 Å². The molecule has 0 aliphatic carbocycles. The molecule has 0 bridgehead atoms. The van der Waals surface area contributed by atoms with Gasteiger partial charge in [0.15, 0.2) is 11.5 Å². The molecule has 2 amide bonds. The minimum absolute atomic E-state index is 0.0221. The Kier molecular flexibility index (Phi) is 7.90. The second-order valence-corrected chi connectivity index (χ2v) is 10.8. The molecule has 0 radical (unpaired) electrons. The number of imidazole rings is 1. The predicted octanol–water partition coefficient (Wildman–Crippen LogP) is 4.43. The van der Waals surface area contributed by atoms with Crippen molar-refractivity contribution in [2.45, 2.75) is 58.4 Å². The van der Waals surface area contributed by atoms with Gasteiger partial charge in [-0.3, -0.25) is 4.90 Å². The van der Waals surface area contributed by atoms with Gasteiger partial charge < -0.3 is 24.7 Å². The summed E-state index contributed by atoms with van der Waals surface area (Å²) in [7, 11) is 0. The molecule has 216 valence electrons. The molecule has 1 unspecified atom stereocenters. The summed E-state index contributed by atoms with van der Waals surface area (Å²) in [5.41, 5.74) is 0.980. The normalized spacial score (nSPS) is 14.7. The van der Waals surface area contributed by atoms with E-state index in [9.17, 15) is 19.8 Å². The lowest BCUT2D eigenvalue weighted by molar-refractivity contribution is 0.0581. The van der Waals surface area contributed by atoms with Crippen LogP contribution in [0.1, 0.15) is 62.3 Å². The maximum atomic E-state index is 13.0. The third-order valence-electron chi connectivity index (χ3n) is 6.53. The van der Waals surface area contributed by atoms with E-state index in [-0.39, 0.29) is 29.7 Å². The summed E-state index contributed by atoms with van der Waals surface area (Å²) in [5, 5.41) is 28.8. The molecule has 13 heteroatoms. The van der Waals surface area contributed by atoms with Crippen molar-refractivity contribution in [3.05, 3.63) is 71.4 Å². The van der Waals surface area contributed by atoms with E-state index in [1.807, 2.05) is 24.3 Å². The predicted molar refractivity (Wildman–Crippen MR) is 149 cm³/mol. The molecule has 0 spiro atoms. The molecule has 41 heavy (non-hydrogen) atoms. The van der Waals surface area contributed by atoms with E-state index in [0.29, 0.717) is 16.2 Å². The van der Waals surface area contributed by atoms with E-state index >= 15 is 0 Å². The smallest absolute Gasteiger partial charge is 0.425 e. The number of carboxylic acid groups (broad SMARTS) is 1. The van der Waals surface area contributed by atoms with Crippen LogP contribution in [-0.2, 0) is 17.8 Å². The number of imide groups is 1. The number of aromatic nitrogens is 4. The molecule has 1 aromatic carbocycles. The minimum atomic E-state index is -1.62. The van der Waals surface area contributed by atoms with Crippen molar-refractivity contribution >= 4 is 29.6 Å². The summed E-state index contributed by atoms with van der Waals surface area (Å²) in [4.78, 5) is 36.6. The monoisotopic (exact) mass is 563 g/mol. The van der Waals surface area contributed by atoms with Crippen LogP contribution in [0.3, 0.4) is 0 Å². The third kappa shape index (κ3) is 6.47. The zero-order valence-corrected chi connectivity index (χ0v) is 23.1. The lowest BCUT2D eigenvalue weighted by Crippen LogP contribution is -2.41. The molecule has 5 rings (SSSR count). The number of nitrogens with one attached hydrogen (secondary N) is 1. The average molecular weight is 564 g/mol. The van der Waals surface area contributed by atoms with Crippen LogP contribution >= 0.6 is 0 Å². The van der Waals surface area contributed by atoms with Gasteiger partial charge >= 0.3 is 12.2 Å². The first-order valence-corrected chi connectivity index (χ1v) is 13.4. The number of nitrogens with zero attached hydrogens (tertiary/aromatic N) is 6. The van der Waals surface area contributed by atoms with Gasteiger partial charge in [0.1, 0.15) is 17.5 Å². The van der Waals surface area contributed by atoms with Gasteiger partial charge in [-0.05, 0) is 70.0 Å². The molecule has 13 nitrogen and oxygen atoms in total. The van der Waals surface area contributed by atoms with E-state index in [1.54, 1.807) is 32.9 Å². The zero-order valence-electron chi connectivity index (χ0n) is 23.1. The number of aliphatic hydroxyl groups is 1. The summed E-state index contributed by atoms with van der Waals surface area (Å²) in [6, 6.07) is 11.1. The van der Waals surface area contributed by atoms with Crippen LogP contribution in [-0.4, -0.2) is 65.6 Å². The number of amides is 2. The topological polar surface area (TPSA) is 159 Å². The number of fused-ring (bicyclic) bond motifs is 1. The summed E-state index contributed by atoms with van der Waals surface area (Å²) >= 11 is 0. The van der Waals surface area contributed by atoms with Crippen LogP contribution in [0.4, 0.5) is 21.4 Å². The molecule has 3 aromatic heterocycles. The highest BCUT2D eigenvalue weighted by atomic mass is 16.6. The van der Waals surface area contributed by atoms with Crippen LogP contribution in [0.2, 0.25) is 0 Å². The Balaban J connectivity index is 1.51. The van der Waals surface area contributed by atoms with Crippen molar-refractivity contribution in [2.75, 3.05) is 23.3 Å². The zero-order chi connectivity index (χ0) is 29.1. The van der Waals surface area contributed by atoms with Crippen molar-refractivity contribution in [3.8, 4) is 0 Å². The fourth-order valence-corrected chi connectivity index (χ4v) is 4.61. The van der Waals surface area contributed by atoms with Gasteiger partial charge in [-0.1, -0.05) is 24.3 Å². The molecule has 1 atom stereocenters. The van der Waals surface area contributed by atoms with Gasteiger partial charge in [0.2, 0.25) is 5.95 Å². The van der Waals surface area contributed by atoms with Gasteiger partial charge in [0, 0.05) is 6.54 Å². The highest BCUT2D eigenvalue weighted by Gasteiger charge is 2.33. The van der Waals surface area contributed by atoms with Crippen molar-refractivity contribution in [1.82, 2.24) is 24.5 Å². The van der Waals surface area contributed by atoms with E-state index in [0.717, 1.165) is 25.2 Å². The highest BCUT2D eigenvalue weighted by molar-refractivity contribution is 6.10. The minimum Gasteiger partial charge on any atom is -0.467 e. The quantitative estimate of drug-likeness (QED) is 0.278. The summed E-state index contributed by atoms with van der Waals surface area (Å²) < 4.78 is 11.9. The Morgan fingerprint density at radius 3 is 2.54 bits per heavy atom. The SMILES string of the molecule is CC(C)(C)OC(=O)N(C(=O)O)c1nc(NCc2ccco2)nn2c(C(O)c3ccc(CN4CCCC4)cc3)cnc12. The summed E-state index contributed by atoms with van der Waals surface area (Å²) in [6.45, 7) is 8.07. The van der Waals surface area contributed by atoms with E-state index in [4.69, 9.17) is 9.15 Å². The van der Waals surface area contributed by atoms with Gasteiger partial charge in [0.25, 0.3) is 0 Å². The van der Waals surface area contributed by atoms with Crippen molar-refractivity contribution < 1.29 is 29.0 Å². The number of anilines is 2. The Labute approximate surface area is 236 Å². The first-order chi connectivity index (χ1) is 19.6.